The van der Waals surface area contributed by atoms with E-state index in [4.69, 9.17) is 10.5 Å². The number of benzene rings is 1. The molecule has 0 spiro atoms. The number of nitrogens with two attached hydrogens (primary N) is 1. The van der Waals surface area contributed by atoms with Crippen LogP contribution in [0.3, 0.4) is 0 Å². The number of halogens is 1. The summed E-state index contributed by atoms with van der Waals surface area (Å²) in [6, 6.07) is 7.51. The molecule has 0 unspecified atom stereocenters. The lowest BCUT2D eigenvalue weighted by molar-refractivity contribution is 0.383. The van der Waals surface area contributed by atoms with Crippen molar-refractivity contribution in [1.82, 2.24) is 9.78 Å². The average Bonchev–Trinajstić information content (AvgIpc) is 2.61. The zero-order valence-electron chi connectivity index (χ0n) is 8.14. The first-order valence-corrected chi connectivity index (χ1v) is 4.36. The summed E-state index contributed by atoms with van der Waals surface area (Å²) in [6.07, 6.45) is 0. The number of methoxy groups -OCH3 is 1. The quantitative estimate of drug-likeness (QED) is 0.813. The van der Waals surface area contributed by atoms with Crippen LogP contribution in [0.1, 0.15) is 0 Å². The lowest BCUT2D eigenvalue weighted by Crippen LogP contribution is -2.00. The van der Waals surface area contributed by atoms with Crippen LogP contribution in [0.2, 0.25) is 0 Å². The Kier molecular flexibility index (Phi) is 2.29. The van der Waals surface area contributed by atoms with E-state index in [1.165, 1.54) is 23.9 Å². The molecule has 1 heterocycles. The van der Waals surface area contributed by atoms with Crippen LogP contribution >= 0.6 is 0 Å². The molecule has 0 atom stereocenters. The van der Waals surface area contributed by atoms with Gasteiger partial charge in [-0.3, -0.25) is 0 Å². The summed E-state index contributed by atoms with van der Waals surface area (Å²) in [5.41, 5.74) is 6.24. The Morgan fingerprint density at radius 1 is 1.33 bits per heavy atom. The molecule has 78 valence electrons. The Balaban J connectivity index is 2.48. The molecule has 0 fully saturated rings. The molecule has 5 heteroatoms. The van der Waals surface area contributed by atoms with Crippen LogP contribution in [0.5, 0.6) is 5.88 Å². The van der Waals surface area contributed by atoms with Gasteiger partial charge in [0.25, 0.3) is 0 Å². The predicted molar refractivity (Wildman–Crippen MR) is 54.5 cm³/mol. The fourth-order valence-electron chi connectivity index (χ4n) is 1.29. The number of hydrogen-bond acceptors (Lipinski definition) is 3. The Bertz CT molecular complexity index is 464. The fraction of sp³-hybridized carbons (Fsp3) is 0.100. The molecule has 4 nitrogen and oxygen atoms in total. The van der Waals surface area contributed by atoms with Crippen molar-refractivity contribution >= 4 is 5.82 Å². The first-order chi connectivity index (χ1) is 7.20. The minimum absolute atomic E-state index is 0.294. The summed E-state index contributed by atoms with van der Waals surface area (Å²) in [6.45, 7) is 0. The summed E-state index contributed by atoms with van der Waals surface area (Å²) in [4.78, 5) is 0. The molecule has 15 heavy (non-hydrogen) atoms. The molecular weight excluding hydrogens is 197 g/mol. The Hall–Kier alpha value is -2.04. The maximum absolute atomic E-state index is 12.7. The maximum Gasteiger partial charge on any atom is 0.218 e. The number of rotatable bonds is 2. The third-order valence-corrected chi connectivity index (χ3v) is 1.98. The zero-order chi connectivity index (χ0) is 10.8. The van der Waals surface area contributed by atoms with E-state index in [0.717, 1.165) is 0 Å². The van der Waals surface area contributed by atoms with Crippen LogP contribution in [0.25, 0.3) is 5.69 Å². The molecule has 0 amide bonds. The van der Waals surface area contributed by atoms with Crippen molar-refractivity contribution in [3.05, 3.63) is 36.1 Å². The number of aromatic nitrogens is 2. The van der Waals surface area contributed by atoms with Crippen molar-refractivity contribution in [3.8, 4) is 11.6 Å². The minimum atomic E-state index is -0.294. The van der Waals surface area contributed by atoms with Crippen LogP contribution in [0.4, 0.5) is 10.2 Å². The van der Waals surface area contributed by atoms with Gasteiger partial charge in [-0.25, -0.2) is 4.39 Å². The van der Waals surface area contributed by atoms with E-state index in [-0.39, 0.29) is 5.82 Å². The van der Waals surface area contributed by atoms with E-state index < -0.39 is 0 Å². The second-order valence-corrected chi connectivity index (χ2v) is 3.00. The zero-order valence-corrected chi connectivity index (χ0v) is 8.14. The van der Waals surface area contributed by atoms with Crippen molar-refractivity contribution in [2.45, 2.75) is 0 Å². The average molecular weight is 207 g/mol. The van der Waals surface area contributed by atoms with Crippen molar-refractivity contribution in [3.63, 3.8) is 0 Å². The van der Waals surface area contributed by atoms with Crippen LogP contribution in [-0.2, 0) is 0 Å². The number of hydrogen-bond donors (Lipinski definition) is 1. The Labute approximate surface area is 86.1 Å². The summed E-state index contributed by atoms with van der Waals surface area (Å²) in [5.74, 6) is 0.577. The highest BCUT2D eigenvalue weighted by Gasteiger charge is 2.07. The van der Waals surface area contributed by atoms with Crippen LogP contribution < -0.4 is 10.5 Å². The summed E-state index contributed by atoms with van der Waals surface area (Å²) >= 11 is 0. The van der Waals surface area contributed by atoms with E-state index in [9.17, 15) is 4.39 Å². The first kappa shape index (κ1) is 9.51. The lowest BCUT2D eigenvalue weighted by Gasteiger charge is -2.04. The highest BCUT2D eigenvalue weighted by Crippen LogP contribution is 2.20. The Morgan fingerprint density at radius 2 is 2.00 bits per heavy atom. The molecule has 0 saturated carbocycles. The standard InChI is InChI=1S/C10H10FN3O/c1-15-10-6-9(12)13-14(10)8-4-2-7(11)3-5-8/h2-6H,1H3,(H2,12,13). The first-order valence-electron chi connectivity index (χ1n) is 4.36. The van der Waals surface area contributed by atoms with Gasteiger partial charge < -0.3 is 10.5 Å². The predicted octanol–water partition coefficient (Wildman–Crippen LogP) is 1.60. The van der Waals surface area contributed by atoms with Gasteiger partial charge in [0, 0.05) is 6.07 Å². The number of nitrogen functional groups attached to an aromatic ring is 1. The van der Waals surface area contributed by atoms with Crippen molar-refractivity contribution in [2.24, 2.45) is 0 Å². The van der Waals surface area contributed by atoms with Gasteiger partial charge in [0.1, 0.15) is 11.6 Å². The SMILES string of the molecule is COc1cc(N)nn1-c1ccc(F)cc1. The Morgan fingerprint density at radius 3 is 2.60 bits per heavy atom. The van der Waals surface area contributed by atoms with Crippen LogP contribution in [0, 0.1) is 5.82 Å². The number of ether oxygens (including phenoxy) is 1. The molecule has 2 N–H and O–H groups in total. The van der Waals surface area contributed by atoms with Gasteiger partial charge >= 0.3 is 0 Å². The fourth-order valence-corrected chi connectivity index (χ4v) is 1.29. The van der Waals surface area contributed by atoms with E-state index in [1.54, 1.807) is 18.2 Å². The van der Waals surface area contributed by atoms with Crippen molar-refractivity contribution in [2.75, 3.05) is 12.8 Å². The second-order valence-electron chi connectivity index (χ2n) is 3.00. The molecule has 0 aliphatic carbocycles. The molecule has 0 aliphatic rings. The normalized spacial score (nSPS) is 10.3. The second kappa shape index (κ2) is 3.61. The third-order valence-electron chi connectivity index (χ3n) is 1.98. The van der Waals surface area contributed by atoms with E-state index in [0.29, 0.717) is 17.4 Å². The molecule has 0 saturated heterocycles. The van der Waals surface area contributed by atoms with Gasteiger partial charge in [0.05, 0.1) is 12.8 Å². The van der Waals surface area contributed by atoms with Gasteiger partial charge in [0.15, 0.2) is 0 Å². The van der Waals surface area contributed by atoms with Gasteiger partial charge in [-0.2, -0.15) is 4.68 Å². The van der Waals surface area contributed by atoms with Gasteiger partial charge in [-0.1, -0.05) is 0 Å². The van der Waals surface area contributed by atoms with E-state index in [2.05, 4.69) is 5.10 Å². The number of anilines is 1. The van der Waals surface area contributed by atoms with E-state index >= 15 is 0 Å². The largest absolute Gasteiger partial charge is 0.481 e. The smallest absolute Gasteiger partial charge is 0.218 e. The monoisotopic (exact) mass is 207 g/mol. The molecule has 1 aromatic heterocycles. The highest BCUT2D eigenvalue weighted by atomic mass is 19.1. The maximum atomic E-state index is 12.7. The molecule has 2 rings (SSSR count). The van der Waals surface area contributed by atoms with Gasteiger partial charge in [-0.05, 0) is 24.3 Å². The third kappa shape index (κ3) is 1.76. The summed E-state index contributed by atoms with van der Waals surface area (Å²) < 4.78 is 19.3. The van der Waals surface area contributed by atoms with Gasteiger partial charge in [0.2, 0.25) is 5.88 Å². The number of nitrogens with zero attached hydrogens (tertiary/aromatic N) is 2. The molecular formula is C10H10FN3O. The molecule has 0 radical (unpaired) electrons. The molecule has 2 aromatic rings. The van der Waals surface area contributed by atoms with Crippen LogP contribution in [0.15, 0.2) is 30.3 Å². The molecule has 0 aliphatic heterocycles. The highest BCUT2D eigenvalue weighted by molar-refractivity contribution is 5.41. The van der Waals surface area contributed by atoms with Crippen molar-refractivity contribution < 1.29 is 9.13 Å². The van der Waals surface area contributed by atoms with E-state index in [1.807, 2.05) is 0 Å². The summed E-state index contributed by atoms with van der Waals surface area (Å²) in [5, 5.41) is 4.03. The molecule has 1 aromatic carbocycles. The van der Waals surface area contributed by atoms with Crippen molar-refractivity contribution in [1.29, 1.82) is 0 Å². The minimum Gasteiger partial charge on any atom is -0.481 e. The lowest BCUT2D eigenvalue weighted by atomic mass is 10.3. The van der Waals surface area contributed by atoms with Crippen LogP contribution in [-0.4, -0.2) is 16.9 Å². The topological polar surface area (TPSA) is 53.1 Å². The van der Waals surface area contributed by atoms with Gasteiger partial charge in [-0.15, -0.1) is 5.10 Å². The molecule has 0 bridgehead atoms. The summed E-state index contributed by atoms with van der Waals surface area (Å²) in [7, 11) is 1.52.